The monoisotopic (exact) mass is 408 g/mol. The van der Waals surface area contributed by atoms with Gasteiger partial charge in [-0.25, -0.2) is 9.78 Å². The topological polar surface area (TPSA) is 59.5 Å². The summed E-state index contributed by atoms with van der Waals surface area (Å²) in [5.41, 5.74) is 4.55. The highest BCUT2D eigenvalue weighted by molar-refractivity contribution is 7.12. The molecule has 0 aliphatic carbocycles. The van der Waals surface area contributed by atoms with E-state index in [-0.39, 0.29) is 11.9 Å². The van der Waals surface area contributed by atoms with E-state index in [0.717, 1.165) is 26.7 Å². The van der Waals surface area contributed by atoms with Crippen molar-refractivity contribution in [2.45, 2.75) is 26.8 Å². The van der Waals surface area contributed by atoms with Gasteiger partial charge in [-0.3, -0.25) is 4.79 Å². The number of thiazole rings is 1. The fourth-order valence-electron chi connectivity index (χ4n) is 3.02. The molecule has 2 aromatic carbocycles. The molecule has 0 aliphatic heterocycles. The highest BCUT2D eigenvalue weighted by atomic mass is 32.1. The molecular formula is C23H24N2O3S. The van der Waals surface area contributed by atoms with Crippen LogP contribution in [0.3, 0.4) is 0 Å². The van der Waals surface area contributed by atoms with E-state index in [1.54, 1.807) is 35.4 Å². The lowest BCUT2D eigenvalue weighted by molar-refractivity contribution is -0.129. The van der Waals surface area contributed by atoms with Gasteiger partial charge in [-0.05, 0) is 31.5 Å². The molecule has 1 aromatic heterocycles. The van der Waals surface area contributed by atoms with Crippen molar-refractivity contribution in [3.63, 3.8) is 0 Å². The molecule has 0 atom stereocenters. The Morgan fingerprint density at radius 3 is 2.31 bits per heavy atom. The number of carbonyl (C=O) groups is 2. The molecule has 1 heterocycles. The molecule has 0 unspecified atom stereocenters. The molecule has 0 bridgehead atoms. The van der Waals surface area contributed by atoms with Crippen molar-refractivity contribution in [1.29, 1.82) is 0 Å². The lowest BCUT2D eigenvalue weighted by atomic mass is 10.1. The van der Waals surface area contributed by atoms with Crippen LogP contribution in [0.25, 0.3) is 11.3 Å². The SMILES string of the molecule is COC(=O)c1ccc(CN(C)C(=O)Cc2sc(C)nc2-c2ccc(C)cc2)cc1. The van der Waals surface area contributed by atoms with Gasteiger partial charge in [0.2, 0.25) is 5.91 Å². The second-order valence-electron chi connectivity index (χ2n) is 6.99. The molecule has 0 saturated heterocycles. The number of hydrogen-bond donors (Lipinski definition) is 0. The zero-order valence-electron chi connectivity index (χ0n) is 17.1. The highest BCUT2D eigenvalue weighted by Gasteiger charge is 2.17. The van der Waals surface area contributed by atoms with Gasteiger partial charge in [0.1, 0.15) is 0 Å². The van der Waals surface area contributed by atoms with Crippen molar-refractivity contribution in [3.05, 3.63) is 75.1 Å². The average Bonchev–Trinajstić information content (AvgIpc) is 3.08. The van der Waals surface area contributed by atoms with Gasteiger partial charge in [0, 0.05) is 24.0 Å². The van der Waals surface area contributed by atoms with Crippen LogP contribution in [0.15, 0.2) is 48.5 Å². The third-order valence-electron chi connectivity index (χ3n) is 4.66. The van der Waals surface area contributed by atoms with E-state index in [2.05, 4.69) is 17.1 Å². The Balaban J connectivity index is 1.70. The van der Waals surface area contributed by atoms with Crippen LogP contribution in [-0.4, -0.2) is 35.9 Å². The second-order valence-corrected chi connectivity index (χ2v) is 8.27. The minimum Gasteiger partial charge on any atom is -0.465 e. The van der Waals surface area contributed by atoms with Gasteiger partial charge in [0.25, 0.3) is 0 Å². The summed E-state index contributed by atoms with van der Waals surface area (Å²) in [5, 5.41) is 0.949. The summed E-state index contributed by atoms with van der Waals surface area (Å²) in [6.07, 6.45) is 0.311. The number of amides is 1. The van der Waals surface area contributed by atoms with Crippen LogP contribution < -0.4 is 0 Å². The molecule has 0 N–H and O–H groups in total. The number of methoxy groups -OCH3 is 1. The lowest BCUT2D eigenvalue weighted by Crippen LogP contribution is -2.27. The molecule has 0 aliphatic rings. The predicted molar refractivity (Wildman–Crippen MR) is 115 cm³/mol. The number of benzene rings is 2. The predicted octanol–water partition coefficient (Wildman–Crippen LogP) is 4.41. The van der Waals surface area contributed by atoms with E-state index < -0.39 is 0 Å². The summed E-state index contributed by atoms with van der Waals surface area (Å²) < 4.78 is 4.71. The Kier molecular flexibility index (Phi) is 6.44. The molecule has 1 amide bonds. The molecular weight excluding hydrogens is 384 g/mol. The van der Waals surface area contributed by atoms with Gasteiger partial charge >= 0.3 is 5.97 Å². The smallest absolute Gasteiger partial charge is 0.337 e. The van der Waals surface area contributed by atoms with Crippen molar-refractivity contribution < 1.29 is 14.3 Å². The van der Waals surface area contributed by atoms with E-state index in [4.69, 9.17) is 4.74 Å². The van der Waals surface area contributed by atoms with E-state index in [9.17, 15) is 9.59 Å². The maximum absolute atomic E-state index is 12.8. The van der Waals surface area contributed by atoms with E-state index in [1.807, 2.05) is 38.1 Å². The zero-order valence-corrected chi connectivity index (χ0v) is 17.9. The van der Waals surface area contributed by atoms with E-state index in [1.165, 1.54) is 12.7 Å². The van der Waals surface area contributed by atoms with Crippen molar-refractivity contribution in [2.24, 2.45) is 0 Å². The molecule has 0 saturated carbocycles. The number of esters is 1. The summed E-state index contributed by atoms with van der Waals surface area (Å²) in [5.74, 6) is -0.343. The molecule has 3 rings (SSSR count). The number of rotatable bonds is 6. The zero-order chi connectivity index (χ0) is 21.0. The van der Waals surface area contributed by atoms with Crippen LogP contribution in [0.4, 0.5) is 0 Å². The summed E-state index contributed by atoms with van der Waals surface area (Å²) in [6, 6.07) is 15.3. The Bertz CT molecular complexity index is 1010. The molecule has 0 spiro atoms. The van der Waals surface area contributed by atoms with Crippen LogP contribution in [0.2, 0.25) is 0 Å². The van der Waals surface area contributed by atoms with Crippen molar-refractivity contribution in [1.82, 2.24) is 9.88 Å². The normalized spacial score (nSPS) is 10.6. The molecule has 29 heavy (non-hydrogen) atoms. The summed E-state index contributed by atoms with van der Waals surface area (Å²) in [6.45, 7) is 4.48. The molecule has 5 nitrogen and oxygen atoms in total. The Hall–Kier alpha value is -2.99. The fraction of sp³-hybridized carbons (Fsp3) is 0.261. The quantitative estimate of drug-likeness (QED) is 0.567. The first-order valence-corrected chi connectivity index (χ1v) is 10.1. The fourth-order valence-corrected chi connectivity index (χ4v) is 3.97. The first-order valence-electron chi connectivity index (χ1n) is 9.32. The van der Waals surface area contributed by atoms with Crippen molar-refractivity contribution in [2.75, 3.05) is 14.2 Å². The lowest BCUT2D eigenvalue weighted by Gasteiger charge is -2.17. The van der Waals surface area contributed by atoms with Crippen LogP contribution in [0.5, 0.6) is 0 Å². The van der Waals surface area contributed by atoms with Crippen LogP contribution >= 0.6 is 11.3 Å². The maximum Gasteiger partial charge on any atom is 0.337 e. The number of carbonyl (C=O) groups excluding carboxylic acids is 2. The number of hydrogen-bond acceptors (Lipinski definition) is 5. The second kappa shape index (κ2) is 9.01. The first-order chi connectivity index (χ1) is 13.9. The third kappa shape index (κ3) is 5.09. The van der Waals surface area contributed by atoms with Crippen LogP contribution in [0.1, 0.15) is 31.4 Å². The Morgan fingerprint density at radius 2 is 1.69 bits per heavy atom. The molecule has 0 radical (unpaired) electrons. The number of aryl methyl sites for hydroxylation is 2. The summed E-state index contributed by atoms with van der Waals surface area (Å²) in [4.78, 5) is 31.7. The largest absolute Gasteiger partial charge is 0.465 e. The maximum atomic E-state index is 12.8. The highest BCUT2D eigenvalue weighted by Crippen LogP contribution is 2.29. The van der Waals surface area contributed by atoms with E-state index in [0.29, 0.717) is 18.5 Å². The summed E-state index contributed by atoms with van der Waals surface area (Å²) >= 11 is 1.56. The van der Waals surface area contributed by atoms with Gasteiger partial charge in [-0.2, -0.15) is 0 Å². The third-order valence-corrected chi connectivity index (χ3v) is 5.63. The van der Waals surface area contributed by atoms with Gasteiger partial charge in [-0.15, -0.1) is 11.3 Å². The molecule has 6 heteroatoms. The standard InChI is InChI=1S/C23H24N2O3S/c1-15-5-9-18(10-6-15)22-20(29-16(2)24-22)13-21(26)25(3)14-17-7-11-19(12-8-17)23(27)28-4/h5-12H,13-14H2,1-4H3. The van der Waals surface area contributed by atoms with Crippen LogP contribution in [-0.2, 0) is 22.5 Å². The van der Waals surface area contributed by atoms with Crippen molar-refractivity contribution >= 4 is 23.2 Å². The minimum absolute atomic E-state index is 0.0269. The first kappa shape index (κ1) is 20.7. The van der Waals surface area contributed by atoms with Gasteiger partial charge < -0.3 is 9.64 Å². The van der Waals surface area contributed by atoms with Gasteiger partial charge in [0.05, 0.1) is 29.8 Å². The molecule has 0 fully saturated rings. The number of aromatic nitrogens is 1. The molecule has 3 aromatic rings. The Labute approximate surface area is 175 Å². The number of likely N-dealkylation sites (N-methyl/N-ethyl adjacent to an activating group) is 1. The van der Waals surface area contributed by atoms with Crippen LogP contribution in [0, 0.1) is 13.8 Å². The average molecular weight is 409 g/mol. The number of nitrogens with zero attached hydrogens (tertiary/aromatic N) is 2. The van der Waals surface area contributed by atoms with E-state index >= 15 is 0 Å². The van der Waals surface area contributed by atoms with Crippen molar-refractivity contribution in [3.8, 4) is 11.3 Å². The summed E-state index contributed by atoms with van der Waals surface area (Å²) in [7, 11) is 3.14. The molecule has 150 valence electrons. The van der Waals surface area contributed by atoms with Gasteiger partial charge in [-0.1, -0.05) is 42.0 Å². The number of ether oxygens (including phenoxy) is 1. The van der Waals surface area contributed by atoms with Gasteiger partial charge in [0.15, 0.2) is 0 Å². The Morgan fingerprint density at radius 1 is 1.03 bits per heavy atom. The minimum atomic E-state index is -0.370.